The third-order valence-electron chi connectivity index (χ3n) is 5.72. The van der Waals surface area contributed by atoms with Gasteiger partial charge in [0, 0.05) is 24.2 Å². The quantitative estimate of drug-likeness (QED) is 0.461. The highest BCUT2D eigenvalue weighted by molar-refractivity contribution is 7.92. The number of hydrogen-bond donors (Lipinski definition) is 0. The lowest BCUT2D eigenvalue weighted by atomic mass is 10.0. The van der Waals surface area contributed by atoms with Crippen LogP contribution in [0.1, 0.15) is 10.4 Å². The van der Waals surface area contributed by atoms with Crippen LogP contribution in [0.15, 0.2) is 82.2 Å². The van der Waals surface area contributed by atoms with Crippen molar-refractivity contribution in [3.8, 4) is 17.1 Å². The van der Waals surface area contributed by atoms with Gasteiger partial charge in [-0.15, -0.1) is 0 Å². The summed E-state index contributed by atoms with van der Waals surface area (Å²) in [6, 6.07) is 21.0. The lowest BCUT2D eigenvalue weighted by molar-refractivity contribution is 0.0659. The number of carbonyl (C=O) groups excluding carboxylic acids is 1. The molecule has 0 N–H and O–H groups in total. The number of rotatable bonds is 5. The summed E-state index contributed by atoms with van der Waals surface area (Å²) in [7, 11) is -1.99. The molecule has 0 radical (unpaired) electrons. The number of nitrogens with zero attached hydrogens (tertiary/aromatic N) is 2. The molecular weight excluding hydrogens is 428 g/mol. The van der Waals surface area contributed by atoms with Crippen molar-refractivity contribution in [2.45, 2.75) is 10.1 Å². The van der Waals surface area contributed by atoms with Gasteiger partial charge >= 0.3 is 0 Å². The lowest BCUT2D eigenvalue weighted by Crippen LogP contribution is -2.56. The number of fused-ring (bicyclic) bond motifs is 1. The van der Waals surface area contributed by atoms with Gasteiger partial charge in [-0.25, -0.2) is 8.42 Å². The zero-order valence-electron chi connectivity index (χ0n) is 17.3. The monoisotopic (exact) mass is 448 g/mol. The summed E-state index contributed by atoms with van der Waals surface area (Å²) in [5.41, 5.74) is 2.00. The molecule has 8 heteroatoms. The van der Waals surface area contributed by atoms with Crippen molar-refractivity contribution in [3.05, 3.63) is 78.4 Å². The second kappa shape index (κ2) is 7.80. The molecular formula is C24H20N2O5S. The van der Waals surface area contributed by atoms with Crippen molar-refractivity contribution in [2.24, 2.45) is 0 Å². The Labute approximate surface area is 185 Å². The van der Waals surface area contributed by atoms with Crippen molar-refractivity contribution in [1.29, 1.82) is 0 Å². The van der Waals surface area contributed by atoms with E-state index in [0.29, 0.717) is 22.6 Å². The van der Waals surface area contributed by atoms with Crippen molar-refractivity contribution in [1.82, 2.24) is 10.1 Å². The standard InChI is InChI=1S/C24H20N2O5S/c1-30-18-8-10-19(11-9-18)32(28,29)20-14-26(15-20)24(27)17-7-12-22-21(13-17)23(31-25-22)16-5-3-2-4-6-16/h2-13,20H,14-15H2,1H3. The number of aromatic nitrogens is 1. The van der Waals surface area contributed by atoms with Gasteiger partial charge in [-0.2, -0.15) is 0 Å². The first-order chi connectivity index (χ1) is 15.5. The molecule has 0 saturated carbocycles. The van der Waals surface area contributed by atoms with E-state index >= 15 is 0 Å². The Morgan fingerprint density at radius 2 is 1.75 bits per heavy atom. The number of ether oxygens (including phenoxy) is 1. The number of sulfone groups is 1. The molecule has 0 spiro atoms. The van der Waals surface area contributed by atoms with Gasteiger partial charge in [-0.3, -0.25) is 4.79 Å². The molecule has 0 unspecified atom stereocenters. The summed E-state index contributed by atoms with van der Waals surface area (Å²) < 4.78 is 36.3. The SMILES string of the molecule is COc1ccc(S(=O)(=O)C2CN(C(=O)c3ccc4noc(-c5ccccc5)c4c3)C2)cc1. The van der Waals surface area contributed by atoms with E-state index < -0.39 is 15.1 Å². The van der Waals surface area contributed by atoms with Crippen LogP contribution in [0.2, 0.25) is 0 Å². The summed E-state index contributed by atoms with van der Waals surface area (Å²) in [5, 5.41) is 4.19. The van der Waals surface area contributed by atoms with Gasteiger partial charge in [0.1, 0.15) is 16.5 Å². The number of benzene rings is 3. The Hall–Kier alpha value is -3.65. The van der Waals surface area contributed by atoms with Crippen LogP contribution in [0.5, 0.6) is 5.75 Å². The molecule has 1 aliphatic rings. The summed E-state index contributed by atoms with van der Waals surface area (Å²) in [6.07, 6.45) is 0. The van der Waals surface area contributed by atoms with E-state index in [4.69, 9.17) is 9.26 Å². The number of methoxy groups -OCH3 is 1. The molecule has 162 valence electrons. The van der Waals surface area contributed by atoms with E-state index in [-0.39, 0.29) is 23.9 Å². The van der Waals surface area contributed by atoms with Crippen LogP contribution in [0.25, 0.3) is 22.2 Å². The predicted octanol–water partition coefficient (Wildman–Crippen LogP) is 3.80. The molecule has 2 heterocycles. The van der Waals surface area contributed by atoms with Gasteiger partial charge < -0.3 is 14.2 Å². The Balaban J connectivity index is 1.34. The molecule has 1 aromatic heterocycles. The molecule has 5 rings (SSSR count). The van der Waals surface area contributed by atoms with Crippen LogP contribution in [-0.2, 0) is 9.84 Å². The Morgan fingerprint density at radius 1 is 1.03 bits per heavy atom. The van der Waals surface area contributed by atoms with Crippen LogP contribution in [0, 0.1) is 0 Å². The minimum atomic E-state index is -3.52. The van der Waals surface area contributed by atoms with E-state index in [1.54, 1.807) is 35.2 Å². The maximum atomic E-state index is 13.0. The van der Waals surface area contributed by atoms with Crippen LogP contribution in [0.4, 0.5) is 0 Å². The number of likely N-dealkylation sites (tertiary alicyclic amines) is 1. The molecule has 1 saturated heterocycles. The van der Waals surface area contributed by atoms with Gasteiger partial charge in [-0.05, 0) is 42.5 Å². The average molecular weight is 449 g/mol. The molecule has 1 amide bonds. The lowest BCUT2D eigenvalue weighted by Gasteiger charge is -2.38. The van der Waals surface area contributed by atoms with Crippen molar-refractivity contribution in [3.63, 3.8) is 0 Å². The van der Waals surface area contributed by atoms with Gasteiger partial charge in [0.15, 0.2) is 15.6 Å². The van der Waals surface area contributed by atoms with E-state index in [1.165, 1.54) is 19.2 Å². The second-order valence-corrected chi connectivity index (χ2v) is 9.89. The first-order valence-corrected chi connectivity index (χ1v) is 11.6. The topological polar surface area (TPSA) is 89.7 Å². The van der Waals surface area contributed by atoms with E-state index in [9.17, 15) is 13.2 Å². The zero-order chi connectivity index (χ0) is 22.3. The Morgan fingerprint density at radius 3 is 2.44 bits per heavy atom. The molecule has 7 nitrogen and oxygen atoms in total. The van der Waals surface area contributed by atoms with Crippen LogP contribution >= 0.6 is 0 Å². The molecule has 4 aromatic rings. The van der Waals surface area contributed by atoms with Crippen molar-refractivity contribution < 1.29 is 22.5 Å². The minimum Gasteiger partial charge on any atom is -0.497 e. The maximum Gasteiger partial charge on any atom is 0.253 e. The molecule has 3 aromatic carbocycles. The predicted molar refractivity (Wildman–Crippen MR) is 119 cm³/mol. The molecule has 1 aliphatic heterocycles. The van der Waals surface area contributed by atoms with Crippen LogP contribution in [-0.4, -0.2) is 49.8 Å². The number of hydrogen-bond acceptors (Lipinski definition) is 6. The summed E-state index contributed by atoms with van der Waals surface area (Å²) in [5.74, 6) is 0.973. The molecule has 32 heavy (non-hydrogen) atoms. The fourth-order valence-corrected chi connectivity index (χ4v) is 5.47. The van der Waals surface area contributed by atoms with Crippen LogP contribution < -0.4 is 4.74 Å². The minimum absolute atomic E-state index is 0.153. The second-order valence-electron chi connectivity index (χ2n) is 7.66. The van der Waals surface area contributed by atoms with E-state index in [1.807, 2.05) is 30.3 Å². The third kappa shape index (κ3) is 3.42. The maximum absolute atomic E-state index is 13.0. The summed E-state index contributed by atoms with van der Waals surface area (Å²) in [4.78, 5) is 14.8. The van der Waals surface area contributed by atoms with Crippen molar-refractivity contribution >= 4 is 26.6 Å². The largest absolute Gasteiger partial charge is 0.497 e. The van der Waals surface area contributed by atoms with Gasteiger partial charge in [0.2, 0.25) is 0 Å². The fraction of sp³-hybridized carbons (Fsp3) is 0.167. The smallest absolute Gasteiger partial charge is 0.253 e. The van der Waals surface area contributed by atoms with Crippen LogP contribution in [0.3, 0.4) is 0 Å². The van der Waals surface area contributed by atoms with Gasteiger partial charge in [-0.1, -0.05) is 35.5 Å². The molecule has 0 aliphatic carbocycles. The fourth-order valence-electron chi connectivity index (χ4n) is 3.81. The van der Waals surface area contributed by atoms with E-state index in [2.05, 4.69) is 5.16 Å². The molecule has 0 atom stereocenters. The Bertz CT molecular complexity index is 1390. The number of amides is 1. The van der Waals surface area contributed by atoms with Crippen molar-refractivity contribution in [2.75, 3.05) is 20.2 Å². The summed E-state index contributed by atoms with van der Waals surface area (Å²) >= 11 is 0. The van der Waals surface area contributed by atoms with E-state index in [0.717, 1.165) is 10.9 Å². The first kappa shape index (κ1) is 20.3. The summed E-state index contributed by atoms with van der Waals surface area (Å²) in [6.45, 7) is 0.306. The number of carbonyl (C=O) groups is 1. The highest BCUT2D eigenvalue weighted by Gasteiger charge is 2.40. The van der Waals surface area contributed by atoms with Gasteiger partial charge in [0.05, 0.1) is 17.4 Å². The first-order valence-electron chi connectivity index (χ1n) is 10.1. The highest BCUT2D eigenvalue weighted by Crippen LogP contribution is 2.31. The Kier molecular flexibility index (Phi) is 4.94. The van der Waals surface area contributed by atoms with Gasteiger partial charge in [0.25, 0.3) is 5.91 Å². The average Bonchev–Trinajstić information content (AvgIpc) is 3.21. The normalized spacial score (nSPS) is 14.3. The molecule has 0 bridgehead atoms. The molecule has 1 fully saturated rings. The zero-order valence-corrected chi connectivity index (χ0v) is 18.1. The highest BCUT2D eigenvalue weighted by atomic mass is 32.2. The third-order valence-corrected chi connectivity index (χ3v) is 7.83.